The molecule has 0 aromatic heterocycles. The van der Waals surface area contributed by atoms with E-state index in [1.54, 1.807) is 0 Å². The predicted molar refractivity (Wildman–Crippen MR) is 75.1 cm³/mol. The molecule has 16 heavy (non-hydrogen) atoms. The molecule has 4 heteroatoms. The lowest BCUT2D eigenvalue weighted by Gasteiger charge is -2.08. The Kier molecular flexibility index (Phi) is 7.08. The molecule has 0 saturated carbocycles. The maximum Gasteiger partial charge on any atom is 0.133 e. The van der Waals surface area contributed by atoms with Crippen LogP contribution < -0.4 is 10.1 Å². The van der Waals surface area contributed by atoms with Gasteiger partial charge in [0.05, 0.1) is 11.1 Å². The van der Waals surface area contributed by atoms with Crippen molar-refractivity contribution in [3.63, 3.8) is 0 Å². The van der Waals surface area contributed by atoms with Crippen molar-refractivity contribution in [2.75, 3.05) is 19.7 Å². The molecule has 0 atom stereocenters. The number of nitrogens with one attached hydrogen (secondary N) is 1. The van der Waals surface area contributed by atoms with Crippen LogP contribution in [0, 0.1) is 0 Å². The van der Waals surface area contributed by atoms with Crippen LogP contribution in [0.2, 0.25) is 0 Å². The number of hydrogen-bond donors (Lipinski definition) is 1. The van der Waals surface area contributed by atoms with Crippen LogP contribution in [0.1, 0.15) is 19.8 Å². The van der Waals surface area contributed by atoms with E-state index in [1.807, 2.05) is 18.2 Å². The van der Waals surface area contributed by atoms with E-state index in [9.17, 15) is 0 Å². The summed E-state index contributed by atoms with van der Waals surface area (Å²) in [6.07, 6.45) is 2.21. The summed E-state index contributed by atoms with van der Waals surface area (Å²) in [4.78, 5) is 0. The molecule has 0 aliphatic rings. The Balaban J connectivity index is 2.21. The summed E-state index contributed by atoms with van der Waals surface area (Å²) < 4.78 is 7.71. The lowest BCUT2D eigenvalue weighted by atomic mass is 10.3. The third kappa shape index (κ3) is 5.32. The van der Waals surface area contributed by atoms with Gasteiger partial charge in [-0.25, -0.2) is 0 Å². The average molecular weight is 351 g/mol. The van der Waals surface area contributed by atoms with Gasteiger partial charge >= 0.3 is 0 Å². The van der Waals surface area contributed by atoms with Gasteiger partial charge in [-0.05, 0) is 60.1 Å². The van der Waals surface area contributed by atoms with Crippen molar-refractivity contribution in [1.29, 1.82) is 0 Å². The van der Waals surface area contributed by atoms with Gasteiger partial charge in [0, 0.05) is 4.47 Å². The van der Waals surface area contributed by atoms with E-state index in [0.717, 1.165) is 40.8 Å². The van der Waals surface area contributed by atoms with E-state index in [-0.39, 0.29) is 0 Å². The third-order valence-electron chi connectivity index (χ3n) is 2.08. The fourth-order valence-corrected chi connectivity index (χ4v) is 2.43. The first kappa shape index (κ1) is 14.0. The van der Waals surface area contributed by atoms with Crippen molar-refractivity contribution < 1.29 is 4.74 Å². The summed E-state index contributed by atoms with van der Waals surface area (Å²) >= 11 is 6.88. The van der Waals surface area contributed by atoms with Crippen LogP contribution in [0.25, 0.3) is 0 Å². The average Bonchev–Trinajstić information content (AvgIpc) is 2.26. The van der Waals surface area contributed by atoms with Gasteiger partial charge in [-0.15, -0.1) is 0 Å². The van der Waals surface area contributed by atoms with Gasteiger partial charge < -0.3 is 10.1 Å². The molecule has 0 amide bonds. The standard InChI is InChI=1S/C12H17Br2NO/c1-2-6-15-7-3-8-16-12-5-4-10(13)9-11(12)14/h4-5,9,15H,2-3,6-8H2,1H3. The Morgan fingerprint density at radius 1 is 1.25 bits per heavy atom. The quantitative estimate of drug-likeness (QED) is 0.751. The van der Waals surface area contributed by atoms with Crippen LogP contribution in [0.5, 0.6) is 5.75 Å². The highest BCUT2D eigenvalue weighted by Gasteiger charge is 2.00. The van der Waals surface area contributed by atoms with Gasteiger partial charge in [-0.3, -0.25) is 0 Å². The van der Waals surface area contributed by atoms with Crippen LogP contribution in [-0.4, -0.2) is 19.7 Å². The highest BCUT2D eigenvalue weighted by Crippen LogP contribution is 2.28. The maximum atomic E-state index is 5.66. The molecule has 1 rings (SSSR count). The van der Waals surface area contributed by atoms with E-state index in [2.05, 4.69) is 44.1 Å². The molecule has 0 aliphatic carbocycles. The molecule has 90 valence electrons. The fourth-order valence-electron chi connectivity index (χ4n) is 1.27. The van der Waals surface area contributed by atoms with Crippen LogP contribution >= 0.6 is 31.9 Å². The van der Waals surface area contributed by atoms with Crippen LogP contribution in [0.3, 0.4) is 0 Å². The molecule has 0 bridgehead atoms. The molecule has 0 unspecified atom stereocenters. The first-order valence-corrected chi connectivity index (χ1v) is 7.11. The number of rotatable bonds is 7. The number of halogens is 2. The van der Waals surface area contributed by atoms with Crippen molar-refractivity contribution in [3.05, 3.63) is 27.1 Å². The van der Waals surface area contributed by atoms with Gasteiger partial charge in [0.1, 0.15) is 5.75 Å². The highest BCUT2D eigenvalue weighted by molar-refractivity contribution is 9.11. The molecule has 0 fully saturated rings. The van der Waals surface area contributed by atoms with Gasteiger partial charge in [-0.1, -0.05) is 22.9 Å². The van der Waals surface area contributed by atoms with Crippen molar-refractivity contribution >= 4 is 31.9 Å². The second-order valence-corrected chi connectivity index (χ2v) is 5.30. The molecule has 2 nitrogen and oxygen atoms in total. The van der Waals surface area contributed by atoms with Crippen LogP contribution in [-0.2, 0) is 0 Å². The summed E-state index contributed by atoms with van der Waals surface area (Å²) in [5.41, 5.74) is 0. The first-order chi connectivity index (χ1) is 7.74. The molecule has 1 aromatic carbocycles. The molecule has 1 N–H and O–H groups in total. The molecular formula is C12H17Br2NO. The second-order valence-electron chi connectivity index (χ2n) is 3.53. The zero-order valence-electron chi connectivity index (χ0n) is 9.43. The van der Waals surface area contributed by atoms with Crippen LogP contribution in [0.15, 0.2) is 27.1 Å². The summed E-state index contributed by atoms with van der Waals surface area (Å²) in [6.45, 7) is 5.02. The SMILES string of the molecule is CCCNCCCOc1ccc(Br)cc1Br. The van der Waals surface area contributed by atoms with E-state index in [1.165, 1.54) is 6.42 Å². The maximum absolute atomic E-state index is 5.66. The summed E-state index contributed by atoms with van der Waals surface area (Å²) in [6, 6.07) is 5.94. The van der Waals surface area contributed by atoms with Crippen molar-refractivity contribution in [2.24, 2.45) is 0 Å². The lowest BCUT2D eigenvalue weighted by molar-refractivity contribution is 0.306. The van der Waals surface area contributed by atoms with Crippen LogP contribution in [0.4, 0.5) is 0 Å². The summed E-state index contributed by atoms with van der Waals surface area (Å²) in [7, 11) is 0. The molecule has 0 spiro atoms. The zero-order valence-corrected chi connectivity index (χ0v) is 12.6. The Morgan fingerprint density at radius 3 is 2.75 bits per heavy atom. The van der Waals surface area contributed by atoms with E-state index >= 15 is 0 Å². The van der Waals surface area contributed by atoms with Gasteiger partial charge in [0.2, 0.25) is 0 Å². The highest BCUT2D eigenvalue weighted by atomic mass is 79.9. The fraction of sp³-hybridized carbons (Fsp3) is 0.500. The second kappa shape index (κ2) is 8.09. The van der Waals surface area contributed by atoms with Gasteiger partial charge in [0.15, 0.2) is 0 Å². The number of ether oxygens (including phenoxy) is 1. The van der Waals surface area contributed by atoms with Gasteiger partial charge in [0.25, 0.3) is 0 Å². The first-order valence-electron chi connectivity index (χ1n) is 5.52. The largest absolute Gasteiger partial charge is 0.492 e. The molecule has 0 saturated heterocycles. The zero-order chi connectivity index (χ0) is 11.8. The molecule has 0 radical (unpaired) electrons. The van der Waals surface area contributed by atoms with Crippen molar-refractivity contribution in [2.45, 2.75) is 19.8 Å². The number of hydrogen-bond acceptors (Lipinski definition) is 2. The van der Waals surface area contributed by atoms with E-state index < -0.39 is 0 Å². The minimum absolute atomic E-state index is 0.747. The van der Waals surface area contributed by atoms with E-state index in [0.29, 0.717) is 0 Å². The normalized spacial score (nSPS) is 10.4. The Labute approximate surface area is 114 Å². The smallest absolute Gasteiger partial charge is 0.133 e. The molecule has 0 heterocycles. The topological polar surface area (TPSA) is 21.3 Å². The Hall–Kier alpha value is -0.0600. The minimum atomic E-state index is 0.747. The van der Waals surface area contributed by atoms with Gasteiger partial charge in [-0.2, -0.15) is 0 Å². The van der Waals surface area contributed by atoms with Crippen molar-refractivity contribution in [1.82, 2.24) is 5.32 Å². The molecule has 1 aromatic rings. The minimum Gasteiger partial charge on any atom is -0.492 e. The predicted octanol–water partition coefficient (Wildman–Crippen LogP) is 3.98. The molecular weight excluding hydrogens is 334 g/mol. The lowest BCUT2D eigenvalue weighted by Crippen LogP contribution is -2.18. The Morgan fingerprint density at radius 2 is 2.06 bits per heavy atom. The monoisotopic (exact) mass is 349 g/mol. The Bertz CT molecular complexity index is 318. The van der Waals surface area contributed by atoms with E-state index in [4.69, 9.17) is 4.74 Å². The number of benzene rings is 1. The summed E-state index contributed by atoms with van der Waals surface area (Å²) in [5.74, 6) is 0.902. The van der Waals surface area contributed by atoms with Crippen molar-refractivity contribution in [3.8, 4) is 5.75 Å². The third-order valence-corrected chi connectivity index (χ3v) is 3.19. The summed E-state index contributed by atoms with van der Waals surface area (Å²) in [5, 5.41) is 3.35. The molecule has 0 aliphatic heterocycles.